The van der Waals surface area contributed by atoms with E-state index in [1.54, 1.807) is 0 Å². The van der Waals surface area contributed by atoms with Crippen LogP contribution in [0.2, 0.25) is 0 Å². The zero-order valence-corrected chi connectivity index (χ0v) is 19.4. The molecular formula is C25H23N3O2S2. The third-order valence-electron chi connectivity index (χ3n) is 4.89. The Hall–Kier alpha value is -3.16. The minimum Gasteiger partial charge on any atom is -0.344 e. The maximum atomic E-state index is 13.1. The van der Waals surface area contributed by atoms with Crippen LogP contribution in [0.3, 0.4) is 0 Å². The Morgan fingerprint density at radius 2 is 1.56 bits per heavy atom. The van der Waals surface area contributed by atoms with Crippen molar-refractivity contribution in [2.75, 3.05) is 5.32 Å². The normalized spacial score (nSPS) is 12.0. The third kappa shape index (κ3) is 5.36. The zero-order valence-electron chi connectivity index (χ0n) is 17.7. The first kappa shape index (κ1) is 22.0. The number of carbonyl (C=O) groups is 2. The van der Waals surface area contributed by atoms with Gasteiger partial charge in [0.1, 0.15) is 0 Å². The standard InChI is InChI=1S/C25H23N3O2S2/c1-16(31-25-27-21-14-13-20(26-17(2)29)15-22(21)32-25)24(30)28-23(18-9-5-3-6-10-18)19-11-7-4-8-12-19/h3-16,23H,1-2H3,(H,26,29)(H,28,30)/t16-/m1/s1. The van der Waals surface area contributed by atoms with Crippen LogP contribution < -0.4 is 10.6 Å². The van der Waals surface area contributed by atoms with Crippen molar-refractivity contribution in [3.05, 3.63) is 90.0 Å². The van der Waals surface area contributed by atoms with Gasteiger partial charge in [0.2, 0.25) is 11.8 Å². The Morgan fingerprint density at radius 1 is 0.938 bits per heavy atom. The molecule has 0 aliphatic rings. The third-order valence-corrected chi connectivity index (χ3v) is 7.10. The topological polar surface area (TPSA) is 71.1 Å². The summed E-state index contributed by atoms with van der Waals surface area (Å²) in [6, 6.07) is 25.3. The molecule has 0 unspecified atom stereocenters. The van der Waals surface area contributed by atoms with Gasteiger partial charge < -0.3 is 10.6 Å². The Bertz CT molecular complexity index is 1190. The summed E-state index contributed by atoms with van der Waals surface area (Å²) in [7, 11) is 0. The molecule has 162 valence electrons. The van der Waals surface area contributed by atoms with E-state index in [0.29, 0.717) is 0 Å². The predicted octanol–water partition coefficient (Wildman–Crippen LogP) is 5.64. The molecule has 0 fully saturated rings. The van der Waals surface area contributed by atoms with Crippen molar-refractivity contribution >= 4 is 50.8 Å². The van der Waals surface area contributed by atoms with Crippen molar-refractivity contribution in [2.24, 2.45) is 0 Å². The second-order valence-corrected chi connectivity index (χ2v) is 9.99. The smallest absolute Gasteiger partial charge is 0.234 e. The molecule has 0 radical (unpaired) electrons. The molecule has 7 heteroatoms. The molecule has 2 amide bonds. The van der Waals surface area contributed by atoms with Gasteiger partial charge in [-0.3, -0.25) is 9.59 Å². The molecule has 0 bridgehead atoms. The van der Waals surface area contributed by atoms with Crippen molar-refractivity contribution in [1.29, 1.82) is 0 Å². The van der Waals surface area contributed by atoms with Crippen molar-refractivity contribution in [3.8, 4) is 0 Å². The molecule has 5 nitrogen and oxygen atoms in total. The van der Waals surface area contributed by atoms with Crippen LogP contribution in [0.1, 0.15) is 31.0 Å². The van der Waals surface area contributed by atoms with Crippen molar-refractivity contribution in [3.63, 3.8) is 0 Å². The van der Waals surface area contributed by atoms with Gasteiger partial charge >= 0.3 is 0 Å². The molecule has 0 aliphatic heterocycles. The van der Waals surface area contributed by atoms with Gasteiger partial charge in [0.15, 0.2) is 4.34 Å². The number of carbonyl (C=O) groups excluding carboxylic acids is 2. The van der Waals surface area contributed by atoms with E-state index in [4.69, 9.17) is 0 Å². The molecule has 4 rings (SSSR count). The number of nitrogens with one attached hydrogen (secondary N) is 2. The summed E-state index contributed by atoms with van der Waals surface area (Å²) in [4.78, 5) is 29.0. The zero-order chi connectivity index (χ0) is 22.5. The fourth-order valence-electron chi connectivity index (χ4n) is 3.35. The summed E-state index contributed by atoms with van der Waals surface area (Å²) in [6.45, 7) is 3.37. The van der Waals surface area contributed by atoms with Crippen LogP contribution in [-0.2, 0) is 9.59 Å². The second-order valence-electron chi connectivity index (χ2n) is 7.37. The number of amides is 2. The van der Waals surface area contributed by atoms with Crippen LogP contribution in [-0.4, -0.2) is 22.0 Å². The summed E-state index contributed by atoms with van der Waals surface area (Å²) < 4.78 is 1.79. The molecular weight excluding hydrogens is 438 g/mol. The quantitative estimate of drug-likeness (QED) is 0.349. The Morgan fingerprint density at radius 3 is 2.16 bits per heavy atom. The van der Waals surface area contributed by atoms with E-state index in [-0.39, 0.29) is 23.1 Å². The number of thiazole rings is 1. The molecule has 4 aromatic rings. The fraction of sp³-hybridized carbons (Fsp3) is 0.160. The van der Waals surface area contributed by atoms with Crippen LogP contribution in [0.15, 0.2) is 83.2 Å². The highest BCUT2D eigenvalue weighted by atomic mass is 32.2. The van der Waals surface area contributed by atoms with E-state index in [0.717, 1.165) is 31.4 Å². The molecule has 32 heavy (non-hydrogen) atoms. The van der Waals surface area contributed by atoms with E-state index < -0.39 is 0 Å². The molecule has 0 saturated carbocycles. The van der Waals surface area contributed by atoms with Gasteiger partial charge in [0, 0.05) is 12.6 Å². The molecule has 0 aliphatic carbocycles. The maximum Gasteiger partial charge on any atom is 0.234 e. The van der Waals surface area contributed by atoms with E-state index in [1.165, 1.54) is 30.0 Å². The SMILES string of the molecule is CC(=O)Nc1ccc2nc(S[C@H](C)C(=O)NC(c3ccccc3)c3ccccc3)sc2c1. The van der Waals surface area contributed by atoms with E-state index in [9.17, 15) is 9.59 Å². The first-order valence-electron chi connectivity index (χ1n) is 10.2. The number of aromatic nitrogens is 1. The highest BCUT2D eigenvalue weighted by Crippen LogP contribution is 2.34. The van der Waals surface area contributed by atoms with Gasteiger partial charge in [-0.2, -0.15) is 0 Å². The van der Waals surface area contributed by atoms with Gasteiger partial charge in [-0.25, -0.2) is 4.98 Å². The van der Waals surface area contributed by atoms with Crippen LogP contribution in [0.25, 0.3) is 10.2 Å². The first-order chi connectivity index (χ1) is 15.5. The Labute approximate surface area is 195 Å². The average molecular weight is 462 g/mol. The summed E-state index contributed by atoms with van der Waals surface area (Å²) in [5, 5.41) is 5.67. The van der Waals surface area contributed by atoms with E-state index in [1.807, 2.05) is 85.8 Å². The molecule has 1 aromatic heterocycles. The van der Waals surface area contributed by atoms with Gasteiger partial charge in [-0.05, 0) is 36.2 Å². The maximum absolute atomic E-state index is 13.1. The van der Waals surface area contributed by atoms with Gasteiger partial charge in [-0.15, -0.1) is 11.3 Å². The minimum absolute atomic E-state index is 0.0501. The van der Waals surface area contributed by atoms with E-state index in [2.05, 4.69) is 15.6 Å². The lowest BCUT2D eigenvalue weighted by molar-refractivity contribution is -0.120. The monoisotopic (exact) mass is 461 g/mol. The van der Waals surface area contributed by atoms with Gasteiger partial charge in [0.05, 0.1) is 21.5 Å². The minimum atomic E-state index is -0.319. The van der Waals surface area contributed by atoms with Crippen LogP contribution >= 0.6 is 23.1 Å². The van der Waals surface area contributed by atoms with Gasteiger partial charge in [-0.1, -0.05) is 72.4 Å². The lowest BCUT2D eigenvalue weighted by Crippen LogP contribution is -2.34. The summed E-state index contributed by atoms with van der Waals surface area (Å²) in [6.07, 6.45) is 0. The Balaban J connectivity index is 1.49. The molecule has 0 saturated heterocycles. The molecule has 2 N–H and O–H groups in total. The average Bonchev–Trinajstić information content (AvgIpc) is 3.19. The largest absolute Gasteiger partial charge is 0.344 e. The number of thioether (sulfide) groups is 1. The highest BCUT2D eigenvalue weighted by Gasteiger charge is 2.22. The van der Waals surface area contributed by atoms with Crippen LogP contribution in [0, 0.1) is 0 Å². The molecule has 0 spiro atoms. The van der Waals surface area contributed by atoms with E-state index >= 15 is 0 Å². The van der Waals surface area contributed by atoms with Crippen LogP contribution in [0.5, 0.6) is 0 Å². The molecule has 1 atom stereocenters. The Kier molecular flexibility index (Phi) is 6.87. The number of nitrogens with zero attached hydrogens (tertiary/aromatic N) is 1. The summed E-state index contributed by atoms with van der Waals surface area (Å²) in [5.41, 5.74) is 3.67. The fourth-order valence-corrected chi connectivity index (χ4v) is 5.61. The number of rotatable bonds is 7. The lowest BCUT2D eigenvalue weighted by Gasteiger charge is -2.21. The predicted molar refractivity (Wildman–Crippen MR) is 132 cm³/mol. The van der Waals surface area contributed by atoms with Crippen molar-refractivity contribution < 1.29 is 9.59 Å². The van der Waals surface area contributed by atoms with Gasteiger partial charge in [0.25, 0.3) is 0 Å². The van der Waals surface area contributed by atoms with Crippen molar-refractivity contribution in [2.45, 2.75) is 29.5 Å². The second kappa shape index (κ2) is 9.97. The molecule has 1 heterocycles. The number of hydrogen-bond donors (Lipinski definition) is 2. The first-order valence-corrected chi connectivity index (χ1v) is 11.9. The number of fused-ring (bicyclic) bond motifs is 1. The molecule has 3 aromatic carbocycles. The summed E-state index contributed by atoms with van der Waals surface area (Å²) >= 11 is 2.95. The number of benzene rings is 3. The highest BCUT2D eigenvalue weighted by molar-refractivity contribution is 8.02. The number of anilines is 1. The van der Waals surface area contributed by atoms with Crippen molar-refractivity contribution in [1.82, 2.24) is 10.3 Å². The number of hydrogen-bond acceptors (Lipinski definition) is 5. The van der Waals surface area contributed by atoms with Crippen LogP contribution in [0.4, 0.5) is 5.69 Å². The lowest BCUT2D eigenvalue weighted by atomic mass is 9.98. The summed E-state index contributed by atoms with van der Waals surface area (Å²) in [5.74, 6) is -0.161.